The first-order valence-electron chi connectivity index (χ1n) is 6.00. The summed E-state index contributed by atoms with van der Waals surface area (Å²) in [6, 6.07) is 4.59. The van der Waals surface area contributed by atoms with Crippen LogP contribution in [-0.4, -0.2) is 38.5 Å². The summed E-state index contributed by atoms with van der Waals surface area (Å²) >= 11 is 0. The third-order valence-corrected chi connectivity index (χ3v) is 2.76. The molecule has 4 nitrogen and oxygen atoms in total. The summed E-state index contributed by atoms with van der Waals surface area (Å²) in [4.78, 5) is 1.76. The first-order valence-corrected chi connectivity index (χ1v) is 6.00. The van der Waals surface area contributed by atoms with E-state index in [0.29, 0.717) is 25.4 Å². The molecule has 0 spiro atoms. The molecule has 3 N–H and O–H groups in total. The molecule has 0 saturated carbocycles. The molecule has 0 unspecified atom stereocenters. The van der Waals surface area contributed by atoms with Gasteiger partial charge in [-0.2, -0.15) is 0 Å². The predicted molar refractivity (Wildman–Crippen MR) is 70.2 cm³/mol. The largest absolute Gasteiger partial charge is 0.395 e. The first-order chi connectivity index (χ1) is 8.61. The van der Waals surface area contributed by atoms with Gasteiger partial charge in [0.25, 0.3) is 0 Å². The Hall–Kier alpha value is -1.17. The Morgan fingerprint density at radius 2 is 2.17 bits per heavy atom. The van der Waals surface area contributed by atoms with E-state index in [1.165, 1.54) is 6.07 Å². The van der Waals surface area contributed by atoms with Gasteiger partial charge in [-0.15, -0.1) is 0 Å². The molecule has 0 amide bonds. The minimum atomic E-state index is -0.325. The average molecular weight is 256 g/mol. The monoisotopic (exact) mass is 256 g/mol. The Morgan fingerprint density at radius 3 is 2.72 bits per heavy atom. The van der Waals surface area contributed by atoms with Gasteiger partial charge in [-0.3, -0.25) is 0 Å². The predicted octanol–water partition coefficient (Wildman–Crippen LogP) is 1.29. The quantitative estimate of drug-likeness (QED) is 0.772. The van der Waals surface area contributed by atoms with Crippen LogP contribution in [0.15, 0.2) is 18.2 Å². The summed E-state index contributed by atoms with van der Waals surface area (Å²) in [5, 5.41) is 9.08. The van der Waals surface area contributed by atoms with Crippen LogP contribution < -0.4 is 10.6 Å². The van der Waals surface area contributed by atoms with Crippen molar-refractivity contribution in [3.8, 4) is 0 Å². The Balaban J connectivity index is 3.08. The lowest BCUT2D eigenvalue weighted by Gasteiger charge is -2.27. The lowest BCUT2D eigenvalue weighted by Crippen LogP contribution is -2.32. The average Bonchev–Trinajstić information content (AvgIpc) is 2.34. The van der Waals surface area contributed by atoms with Gasteiger partial charge >= 0.3 is 0 Å². The number of hydrogen-bond donors (Lipinski definition) is 2. The van der Waals surface area contributed by atoms with Gasteiger partial charge in [0.2, 0.25) is 0 Å². The van der Waals surface area contributed by atoms with Gasteiger partial charge in [-0.1, -0.05) is 12.1 Å². The lowest BCUT2D eigenvalue weighted by molar-refractivity contribution is 0.202. The van der Waals surface area contributed by atoms with E-state index in [9.17, 15) is 4.39 Å². The third kappa shape index (κ3) is 3.66. The number of nitrogens with two attached hydrogens (primary N) is 1. The highest BCUT2D eigenvalue weighted by molar-refractivity contribution is 5.56. The molecule has 1 atom stereocenters. The Morgan fingerprint density at radius 1 is 1.44 bits per heavy atom. The van der Waals surface area contributed by atoms with Gasteiger partial charge in [0.15, 0.2) is 0 Å². The highest BCUT2D eigenvalue weighted by Crippen LogP contribution is 2.28. The van der Waals surface area contributed by atoms with E-state index in [1.807, 2.05) is 6.92 Å². The van der Waals surface area contributed by atoms with Crippen LogP contribution in [0, 0.1) is 5.82 Å². The van der Waals surface area contributed by atoms with Gasteiger partial charge in [0.05, 0.1) is 18.9 Å². The fourth-order valence-corrected chi connectivity index (χ4v) is 1.89. The number of rotatable bonds is 7. The van der Waals surface area contributed by atoms with Crippen LogP contribution in [0.3, 0.4) is 0 Å². The van der Waals surface area contributed by atoms with Crippen LogP contribution in [0.5, 0.6) is 0 Å². The Kier molecular flexibility index (Phi) is 6.04. The van der Waals surface area contributed by atoms with Gasteiger partial charge in [0, 0.05) is 26.2 Å². The number of para-hydroxylation sites is 1. The summed E-state index contributed by atoms with van der Waals surface area (Å²) in [5.41, 5.74) is 7.05. The zero-order valence-corrected chi connectivity index (χ0v) is 10.9. The van der Waals surface area contributed by atoms with Gasteiger partial charge in [-0.25, -0.2) is 4.39 Å². The van der Waals surface area contributed by atoms with Crippen molar-refractivity contribution >= 4 is 5.69 Å². The highest BCUT2D eigenvalue weighted by atomic mass is 19.1. The number of aliphatic hydroxyl groups excluding tert-OH is 1. The molecule has 1 aromatic carbocycles. The van der Waals surface area contributed by atoms with Crippen molar-refractivity contribution in [2.24, 2.45) is 5.73 Å². The van der Waals surface area contributed by atoms with Crippen LogP contribution in [-0.2, 0) is 4.74 Å². The van der Waals surface area contributed by atoms with Gasteiger partial charge in [0.1, 0.15) is 5.82 Å². The molecule has 5 heteroatoms. The molecule has 0 aliphatic heterocycles. The van der Waals surface area contributed by atoms with Crippen molar-refractivity contribution in [2.45, 2.75) is 13.0 Å². The van der Waals surface area contributed by atoms with Gasteiger partial charge < -0.3 is 20.5 Å². The van der Waals surface area contributed by atoms with E-state index in [0.717, 1.165) is 5.56 Å². The van der Waals surface area contributed by atoms with Crippen LogP contribution in [0.1, 0.15) is 18.5 Å². The Bertz CT molecular complexity index is 372. The third-order valence-electron chi connectivity index (χ3n) is 2.76. The SMILES string of the molecule is COCCN(CCO)c1c(F)cccc1[C@@H](C)N. The maximum absolute atomic E-state index is 14.0. The van der Waals surface area contributed by atoms with Crippen molar-refractivity contribution in [1.29, 1.82) is 0 Å². The second-order valence-electron chi connectivity index (χ2n) is 4.17. The summed E-state index contributed by atoms with van der Waals surface area (Å²) in [5.74, 6) is -0.325. The number of methoxy groups -OCH3 is 1. The second kappa shape index (κ2) is 7.31. The second-order valence-corrected chi connectivity index (χ2v) is 4.17. The number of aliphatic hydroxyl groups is 1. The number of anilines is 1. The Labute approximate surface area is 107 Å². The van der Waals surface area contributed by atoms with Crippen molar-refractivity contribution in [3.05, 3.63) is 29.6 Å². The van der Waals surface area contributed by atoms with E-state index >= 15 is 0 Å². The van der Waals surface area contributed by atoms with Crippen LogP contribution in [0.2, 0.25) is 0 Å². The molecule has 0 heterocycles. The molecule has 0 aliphatic carbocycles. The number of ether oxygens (including phenoxy) is 1. The summed E-state index contributed by atoms with van der Waals surface area (Å²) in [6.45, 7) is 3.09. The van der Waals surface area contributed by atoms with E-state index in [1.54, 1.807) is 24.1 Å². The van der Waals surface area contributed by atoms with Crippen molar-refractivity contribution in [1.82, 2.24) is 0 Å². The molecule has 0 bridgehead atoms. The molecule has 0 aliphatic rings. The topological polar surface area (TPSA) is 58.7 Å². The maximum atomic E-state index is 14.0. The number of hydrogen-bond acceptors (Lipinski definition) is 4. The van der Waals surface area contributed by atoms with E-state index in [-0.39, 0.29) is 18.5 Å². The normalized spacial score (nSPS) is 12.5. The molecule has 0 aromatic heterocycles. The van der Waals surface area contributed by atoms with Crippen molar-refractivity contribution < 1.29 is 14.2 Å². The lowest BCUT2D eigenvalue weighted by atomic mass is 10.1. The molecule has 1 rings (SSSR count). The molecule has 0 saturated heterocycles. The maximum Gasteiger partial charge on any atom is 0.146 e. The molecular weight excluding hydrogens is 235 g/mol. The van der Waals surface area contributed by atoms with Gasteiger partial charge in [-0.05, 0) is 18.6 Å². The van der Waals surface area contributed by atoms with Crippen LogP contribution >= 0.6 is 0 Å². The smallest absolute Gasteiger partial charge is 0.146 e. The molecular formula is C13H21FN2O2. The molecule has 0 fully saturated rings. The van der Waals surface area contributed by atoms with Crippen molar-refractivity contribution in [2.75, 3.05) is 38.3 Å². The molecule has 0 radical (unpaired) electrons. The zero-order valence-electron chi connectivity index (χ0n) is 10.9. The fraction of sp³-hybridized carbons (Fsp3) is 0.538. The van der Waals surface area contributed by atoms with E-state index in [4.69, 9.17) is 15.6 Å². The van der Waals surface area contributed by atoms with E-state index < -0.39 is 0 Å². The minimum Gasteiger partial charge on any atom is -0.395 e. The zero-order chi connectivity index (χ0) is 13.5. The number of benzene rings is 1. The fourth-order valence-electron chi connectivity index (χ4n) is 1.89. The first kappa shape index (κ1) is 14.9. The number of nitrogens with zero attached hydrogens (tertiary/aromatic N) is 1. The van der Waals surface area contributed by atoms with Crippen molar-refractivity contribution in [3.63, 3.8) is 0 Å². The van der Waals surface area contributed by atoms with E-state index in [2.05, 4.69) is 0 Å². The molecule has 102 valence electrons. The van der Waals surface area contributed by atoms with Crippen LogP contribution in [0.25, 0.3) is 0 Å². The molecule has 1 aromatic rings. The summed E-state index contributed by atoms with van der Waals surface area (Å²) < 4.78 is 19.0. The highest BCUT2D eigenvalue weighted by Gasteiger charge is 2.17. The summed E-state index contributed by atoms with van der Waals surface area (Å²) in [7, 11) is 1.59. The standard InChI is InChI=1S/C13H21FN2O2/c1-10(15)11-4-3-5-12(14)13(11)16(6-8-17)7-9-18-2/h3-5,10,17H,6-9,15H2,1-2H3/t10-/m1/s1. The summed E-state index contributed by atoms with van der Waals surface area (Å²) in [6.07, 6.45) is 0. The van der Waals surface area contributed by atoms with Crippen LogP contribution in [0.4, 0.5) is 10.1 Å². The molecule has 18 heavy (non-hydrogen) atoms. The number of halogens is 1. The minimum absolute atomic E-state index is 0.0452.